The Kier molecular flexibility index (Phi) is 5.14. The zero-order valence-corrected chi connectivity index (χ0v) is 13.3. The van der Waals surface area contributed by atoms with E-state index in [1.165, 1.54) is 0 Å². The molecule has 0 fully saturated rings. The third-order valence-electron chi connectivity index (χ3n) is 2.97. The lowest BCUT2D eigenvalue weighted by atomic mass is 10.2. The van der Waals surface area contributed by atoms with Crippen molar-refractivity contribution in [1.82, 2.24) is 9.78 Å². The number of aromatic nitrogens is 2. The Labute approximate surface area is 130 Å². The second-order valence-electron chi connectivity index (χ2n) is 4.68. The molecule has 1 aromatic carbocycles. The number of halogens is 1. The van der Waals surface area contributed by atoms with Crippen LogP contribution in [0, 0.1) is 0 Å². The molecule has 1 heterocycles. The van der Waals surface area contributed by atoms with Crippen LogP contribution in [0.3, 0.4) is 0 Å². The molecule has 1 aromatic heterocycles. The Morgan fingerprint density at radius 3 is 2.90 bits per heavy atom. The number of nitrogens with one attached hydrogen (secondary N) is 1. The highest BCUT2D eigenvalue weighted by Crippen LogP contribution is 2.22. The average Bonchev–Trinajstić information content (AvgIpc) is 2.95. The van der Waals surface area contributed by atoms with Gasteiger partial charge in [-0.05, 0) is 36.8 Å². The molecule has 21 heavy (non-hydrogen) atoms. The maximum Gasteiger partial charge on any atom is 0.248 e. The SMILES string of the molecule is C[C@@H](C(=O)Nc1ccc(Cl)c(C[S@](C)=O)c1)n1cccn1. The van der Waals surface area contributed by atoms with E-state index >= 15 is 0 Å². The summed E-state index contributed by atoms with van der Waals surface area (Å²) in [5.41, 5.74) is 1.38. The summed E-state index contributed by atoms with van der Waals surface area (Å²) in [5, 5.41) is 7.40. The van der Waals surface area contributed by atoms with Gasteiger partial charge < -0.3 is 5.32 Å². The number of carbonyl (C=O) groups excluding carboxylic acids is 1. The Morgan fingerprint density at radius 2 is 2.29 bits per heavy atom. The fourth-order valence-corrected chi connectivity index (χ4v) is 2.80. The summed E-state index contributed by atoms with van der Waals surface area (Å²) < 4.78 is 12.9. The van der Waals surface area contributed by atoms with E-state index in [2.05, 4.69) is 10.4 Å². The molecule has 2 rings (SSSR count). The number of hydrogen-bond donors (Lipinski definition) is 1. The molecule has 0 unspecified atom stereocenters. The lowest BCUT2D eigenvalue weighted by molar-refractivity contribution is -0.119. The molecule has 2 atom stereocenters. The first-order chi connectivity index (χ1) is 9.97. The van der Waals surface area contributed by atoms with Crippen LogP contribution in [0.1, 0.15) is 18.5 Å². The van der Waals surface area contributed by atoms with E-state index in [-0.39, 0.29) is 5.91 Å². The van der Waals surface area contributed by atoms with Gasteiger partial charge in [-0.15, -0.1) is 0 Å². The van der Waals surface area contributed by atoms with Gasteiger partial charge in [-0.2, -0.15) is 5.10 Å². The van der Waals surface area contributed by atoms with Crippen LogP contribution in [0.4, 0.5) is 5.69 Å². The van der Waals surface area contributed by atoms with Crippen molar-refractivity contribution in [3.05, 3.63) is 47.2 Å². The number of amides is 1. The van der Waals surface area contributed by atoms with Crippen molar-refractivity contribution in [2.24, 2.45) is 0 Å². The van der Waals surface area contributed by atoms with Crippen molar-refractivity contribution in [1.29, 1.82) is 0 Å². The van der Waals surface area contributed by atoms with E-state index in [4.69, 9.17) is 11.6 Å². The van der Waals surface area contributed by atoms with Gasteiger partial charge in [0.1, 0.15) is 6.04 Å². The molecule has 0 saturated heterocycles. The third kappa shape index (κ3) is 4.15. The first-order valence-electron chi connectivity index (χ1n) is 6.36. The molecule has 0 saturated carbocycles. The van der Waals surface area contributed by atoms with Crippen molar-refractivity contribution in [2.75, 3.05) is 11.6 Å². The molecule has 0 radical (unpaired) electrons. The lowest BCUT2D eigenvalue weighted by Gasteiger charge is -2.13. The van der Waals surface area contributed by atoms with Crippen LogP contribution < -0.4 is 5.32 Å². The van der Waals surface area contributed by atoms with Gasteiger partial charge in [-0.1, -0.05) is 11.6 Å². The number of anilines is 1. The molecule has 0 aliphatic heterocycles. The van der Waals surface area contributed by atoms with Gasteiger partial charge in [0, 0.05) is 45.9 Å². The van der Waals surface area contributed by atoms with Gasteiger partial charge in [-0.25, -0.2) is 0 Å². The van der Waals surface area contributed by atoms with Gasteiger partial charge >= 0.3 is 0 Å². The minimum Gasteiger partial charge on any atom is -0.324 e. The molecule has 0 aliphatic rings. The van der Waals surface area contributed by atoms with E-state index in [0.29, 0.717) is 16.5 Å². The number of rotatable bonds is 5. The van der Waals surface area contributed by atoms with E-state index in [1.807, 2.05) is 0 Å². The Bertz CT molecular complexity index is 658. The van der Waals surface area contributed by atoms with Crippen molar-refractivity contribution in [2.45, 2.75) is 18.7 Å². The fourth-order valence-electron chi connectivity index (χ4n) is 1.86. The summed E-state index contributed by atoms with van der Waals surface area (Å²) in [4.78, 5) is 12.2. The third-order valence-corrected chi connectivity index (χ3v) is 4.06. The van der Waals surface area contributed by atoms with Crippen LogP contribution in [-0.2, 0) is 21.3 Å². The van der Waals surface area contributed by atoms with Crippen LogP contribution >= 0.6 is 11.6 Å². The van der Waals surface area contributed by atoms with Crippen molar-refractivity contribution < 1.29 is 9.00 Å². The lowest BCUT2D eigenvalue weighted by Crippen LogP contribution is -2.24. The molecule has 0 bridgehead atoms. The molecule has 0 spiro atoms. The van der Waals surface area contributed by atoms with Crippen LogP contribution in [0.2, 0.25) is 5.02 Å². The van der Waals surface area contributed by atoms with E-state index in [9.17, 15) is 9.00 Å². The normalized spacial score (nSPS) is 13.7. The van der Waals surface area contributed by atoms with Gasteiger partial charge in [0.25, 0.3) is 0 Å². The van der Waals surface area contributed by atoms with Crippen molar-refractivity contribution in [3.8, 4) is 0 Å². The minimum absolute atomic E-state index is 0.176. The van der Waals surface area contributed by atoms with Crippen molar-refractivity contribution in [3.63, 3.8) is 0 Å². The standard InChI is InChI=1S/C14H16ClN3O2S/c1-10(18-7-3-6-16-18)14(19)17-12-4-5-13(15)11(8-12)9-21(2)20/h3-8,10H,9H2,1-2H3,(H,17,19)/t10-,21-/m0/s1. The first kappa shape index (κ1) is 15.7. The smallest absolute Gasteiger partial charge is 0.248 e. The Morgan fingerprint density at radius 1 is 1.52 bits per heavy atom. The molecule has 5 nitrogen and oxygen atoms in total. The van der Waals surface area contributed by atoms with Crippen LogP contribution in [0.5, 0.6) is 0 Å². The summed E-state index contributed by atoms with van der Waals surface area (Å²) >= 11 is 6.06. The maximum absolute atomic E-state index is 12.2. The van der Waals surface area contributed by atoms with Crippen LogP contribution in [0.25, 0.3) is 0 Å². The number of benzene rings is 1. The number of nitrogens with zero attached hydrogens (tertiary/aromatic N) is 2. The Hall–Kier alpha value is -1.66. The molecular weight excluding hydrogens is 310 g/mol. The van der Waals surface area contributed by atoms with Crippen LogP contribution in [0.15, 0.2) is 36.7 Å². The summed E-state index contributed by atoms with van der Waals surface area (Å²) in [6, 6.07) is 6.51. The Balaban J connectivity index is 2.12. The maximum atomic E-state index is 12.2. The fraction of sp³-hybridized carbons (Fsp3) is 0.286. The molecule has 0 aliphatic carbocycles. The topological polar surface area (TPSA) is 64.0 Å². The average molecular weight is 326 g/mol. The van der Waals surface area contributed by atoms with Gasteiger partial charge in [-0.3, -0.25) is 13.7 Å². The van der Waals surface area contributed by atoms with Gasteiger partial charge in [0.05, 0.1) is 0 Å². The first-order valence-corrected chi connectivity index (χ1v) is 8.46. The van der Waals surface area contributed by atoms with Crippen molar-refractivity contribution >= 4 is 34.0 Å². The molecule has 112 valence electrons. The molecule has 1 N–H and O–H groups in total. The van der Waals surface area contributed by atoms with E-state index < -0.39 is 16.8 Å². The predicted octanol–water partition coefficient (Wildman–Crippen LogP) is 2.61. The predicted molar refractivity (Wildman–Crippen MR) is 84.8 cm³/mol. The summed E-state index contributed by atoms with van der Waals surface area (Å²) in [5.74, 6) is 0.182. The molecule has 2 aromatic rings. The van der Waals surface area contributed by atoms with Gasteiger partial charge in [0.2, 0.25) is 5.91 Å². The summed E-state index contributed by atoms with van der Waals surface area (Å²) in [6.07, 6.45) is 4.97. The second-order valence-corrected chi connectivity index (χ2v) is 6.52. The zero-order valence-electron chi connectivity index (χ0n) is 11.7. The number of hydrogen-bond acceptors (Lipinski definition) is 3. The highest BCUT2D eigenvalue weighted by molar-refractivity contribution is 7.83. The molecular formula is C14H16ClN3O2S. The highest BCUT2D eigenvalue weighted by Gasteiger charge is 2.15. The largest absolute Gasteiger partial charge is 0.324 e. The number of carbonyl (C=O) groups is 1. The highest BCUT2D eigenvalue weighted by atomic mass is 35.5. The van der Waals surface area contributed by atoms with Crippen LogP contribution in [-0.4, -0.2) is 26.2 Å². The second kappa shape index (κ2) is 6.87. The quantitative estimate of drug-likeness (QED) is 0.919. The van der Waals surface area contributed by atoms with E-state index in [0.717, 1.165) is 5.56 Å². The van der Waals surface area contributed by atoms with Gasteiger partial charge in [0.15, 0.2) is 0 Å². The monoisotopic (exact) mass is 325 g/mol. The zero-order chi connectivity index (χ0) is 15.4. The van der Waals surface area contributed by atoms with E-state index in [1.54, 1.807) is 54.5 Å². The molecule has 7 heteroatoms. The molecule has 1 amide bonds. The minimum atomic E-state index is -0.992. The summed E-state index contributed by atoms with van der Waals surface area (Å²) in [6.45, 7) is 1.76. The summed E-state index contributed by atoms with van der Waals surface area (Å²) in [7, 11) is -0.992.